The Morgan fingerprint density at radius 1 is 1.28 bits per heavy atom. The van der Waals surface area contributed by atoms with Crippen LogP contribution in [0.15, 0.2) is 12.1 Å². The van der Waals surface area contributed by atoms with Crippen LogP contribution in [0.2, 0.25) is 0 Å². The van der Waals surface area contributed by atoms with E-state index in [1.54, 1.807) is 0 Å². The first-order valence-electron chi connectivity index (χ1n) is 5.31. The highest BCUT2D eigenvalue weighted by molar-refractivity contribution is 7.91. The lowest BCUT2D eigenvalue weighted by molar-refractivity contribution is 0.276. The molecule has 0 atom stereocenters. The number of rotatable bonds is 6. The van der Waals surface area contributed by atoms with E-state index in [1.165, 1.54) is 6.92 Å². The maximum absolute atomic E-state index is 13.4. The van der Waals surface area contributed by atoms with E-state index in [9.17, 15) is 17.2 Å². The molecule has 0 fully saturated rings. The summed E-state index contributed by atoms with van der Waals surface area (Å²) in [6.45, 7) is 0.674. The van der Waals surface area contributed by atoms with Crippen molar-refractivity contribution in [3.63, 3.8) is 0 Å². The van der Waals surface area contributed by atoms with Gasteiger partial charge in [-0.3, -0.25) is 0 Å². The molecule has 0 heterocycles. The molecular formula is C11H14F2O4S. The Balaban J connectivity index is 2.74. The van der Waals surface area contributed by atoms with E-state index >= 15 is 0 Å². The lowest BCUT2D eigenvalue weighted by Crippen LogP contribution is -2.16. The van der Waals surface area contributed by atoms with Crippen molar-refractivity contribution in [1.82, 2.24) is 0 Å². The highest BCUT2D eigenvalue weighted by atomic mass is 32.2. The van der Waals surface area contributed by atoms with Crippen LogP contribution in [0.3, 0.4) is 0 Å². The van der Waals surface area contributed by atoms with Gasteiger partial charge in [0.25, 0.3) is 0 Å². The third-order valence-corrected chi connectivity index (χ3v) is 3.99. The van der Waals surface area contributed by atoms with Crippen LogP contribution in [-0.2, 0) is 16.4 Å². The van der Waals surface area contributed by atoms with Gasteiger partial charge in [0.05, 0.1) is 12.4 Å². The Morgan fingerprint density at radius 3 is 2.28 bits per heavy atom. The molecule has 0 aromatic heterocycles. The SMILES string of the molecule is CCS(=O)(=O)CCOc1c(F)cc(CO)cc1F. The van der Waals surface area contributed by atoms with Crippen LogP contribution < -0.4 is 4.74 Å². The highest BCUT2D eigenvalue weighted by Crippen LogP contribution is 2.23. The van der Waals surface area contributed by atoms with Gasteiger partial charge in [-0.2, -0.15) is 0 Å². The molecule has 0 amide bonds. The minimum atomic E-state index is -3.24. The summed E-state index contributed by atoms with van der Waals surface area (Å²) in [5, 5.41) is 8.74. The second-order valence-corrected chi connectivity index (χ2v) is 6.10. The Kier molecular flexibility index (Phi) is 5.03. The molecule has 0 spiro atoms. The van der Waals surface area contributed by atoms with E-state index < -0.39 is 33.8 Å². The van der Waals surface area contributed by atoms with E-state index in [0.29, 0.717) is 0 Å². The van der Waals surface area contributed by atoms with Gasteiger partial charge in [-0.1, -0.05) is 6.92 Å². The van der Waals surface area contributed by atoms with Crippen molar-refractivity contribution in [2.75, 3.05) is 18.1 Å². The summed E-state index contributed by atoms with van der Waals surface area (Å²) in [6, 6.07) is 1.87. The maximum Gasteiger partial charge on any atom is 0.190 e. The minimum absolute atomic E-state index is 0.0508. The van der Waals surface area contributed by atoms with Gasteiger partial charge in [-0.05, 0) is 17.7 Å². The van der Waals surface area contributed by atoms with Crippen LogP contribution in [0.25, 0.3) is 0 Å². The van der Waals surface area contributed by atoms with Crippen LogP contribution in [0.1, 0.15) is 12.5 Å². The predicted octanol–water partition coefficient (Wildman–Crippen LogP) is 1.27. The van der Waals surface area contributed by atoms with E-state index in [0.717, 1.165) is 12.1 Å². The van der Waals surface area contributed by atoms with Crippen LogP contribution in [0.4, 0.5) is 8.78 Å². The molecule has 0 saturated heterocycles. The van der Waals surface area contributed by atoms with Gasteiger partial charge in [0, 0.05) is 5.75 Å². The number of aliphatic hydroxyl groups is 1. The van der Waals surface area contributed by atoms with Gasteiger partial charge in [0.2, 0.25) is 0 Å². The fraction of sp³-hybridized carbons (Fsp3) is 0.455. The molecule has 0 aliphatic carbocycles. The molecule has 102 valence electrons. The zero-order valence-corrected chi connectivity index (χ0v) is 10.6. The zero-order chi connectivity index (χ0) is 13.8. The van der Waals surface area contributed by atoms with Gasteiger partial charge >= 0.3 is 0 Å². The van der Waals surface area contributed by atoms with E-state index in [-0.39, 0.29) is 23.7 Å². The zero-order valence-electron chi connectivity index (χ0n) is 9.82. The van der Waals surface area contributed by atoms with Gasteiger partial charge in [0.1, 0.15) is 6.61 Å². The Morgan fingerprint density at radius 2 is 1.83 bits per heavy atom. The standard InChI is InChI=1S/C11H14F2O4S/c1-2-18(15,16)4-3-17-11-9(12)5-8(7-14)6-10(11)13/h5-6,14H,2-4,7H2,1H3. The quantitative estimate of drug-likeness (QED) is 0.852. The van der Waals surface area contributed by atoms with Crippen LogP contribution in [0.5, 0.6) is 5.75 Å². The lowest BCUT2D eigenvalue weighted by atomic mass is 10.2. The molecule has 18 heavy (non-hydrogen) atoms. The number of benzene rings is 1. The van der Waals surface area contributed by atoms with Crippen molar-refractivity contribution in [3.05, 3.63) is 29.3 Å². The third kappa shape index (κ3) is 3.92. The summed E-state index contributed by atoms with van der Waals surface area (Å²) in [6.07, 6.45) is 0. The Labute approximate surface area is 104 Å². The highest BCUT2D eigenvalue weighted by Gasteiger charge is 2.14. The Bertz CT molecular complexity index is 491. The van der Waals surface area contributed by atoms with Gasteiger partial charge < -0.3 is 9.84 Å². The van der Waals surface area contributed by atoms with Gasteiger partial charge in [-0.15, -0.1) is 0 Å². The molecule has 0 bridgehead atoms. The summed E-state index contributed by atoms with van der Waals surface area (Å²) in [4.78, 5) is 0. The normalized spacial score (nSPS) is 11.6. The fourth-order valence-electron chi connectivity index (χ4n) is 1.26. The average molecular weight is 280 g/mol. The molecular weight excluding hydrogens is 266 g/mol. The van der Waals surface area contributed by atoms with E-state index in [1.807, 2.05) is 0 Å². The number of halogens is 2. The smallest absolute Gasteiger partial charge is 0.190 e. The number of ether oxygens (including phenoxy) is 1. The summed E-state index contributed by atoms with van der Waals surface area (Å²) in [5.74, 6) is -2.91. The first kappa shape index (κ1) is 14.8. The molecule has 1 rings (SSSR count). The van der Waals surface area contributed by atoms with Crippen molar-refractivity contribution >= 4 is 9.84 Å². The van der Waals surface area contributed by atoms with Gasteiger partial charge in [-0.25, -0.2) is 17.2 Å². The number of sulfone groups is 1. The second-order valence-electron chi connectivity index (χ2n) is 3.63. The molecule has 0 unspecified atom stereocenters. The number of aliphatic hydroxyl groups excluding tert-OH is 1. The lowest BCUT2D eigenvalue weighted by Gasteiger charge is -2.09. The average Bonchev–Trinajstić information content (AvgIpc) is 2.32. The molecule has 0 aliphatic rings. The maximum atomic E-state index is 13.4. The molecule has 1 aromatic rings. The number of hydrogen-bond donors (Lipinski definition) is 1. The summed E-state index contributed by atoms with van der Waals surface area (Å²) in [5.41, 5.74) is 0.0820. The summed E-state index contributed by atoms with van der Waals surface area (Å²) in [7, 11) is -3.24. The molecule has 4 nitrogen and oxygen atoms in total. The molecule has 0 saturated carbocycles. The first-order valence-corrected chi connectivity index (χ1v) is 7.13. The van der Waals surface area contributed by atoms with Crippen LogP contribution in [-0.4, -0.2) is 31.6 Å². The van der Waals surface area contributed by atoms with Crippen molar-refractivity contribution in [2.45, 2.75) is 13.5 Å². The first-order chi connectivity index (χ1) is 8.39. The predicted molar refractivity (Wildman–Crippen MR) is 62.1 cm³/mol. The topological polar surface area (TPSA) is 63.6 Å². The molecule has 7 heteroatoms. The van der Waals surface area contributed by atoms with Crippen molar-refractivity contribution in [2.24, 2.45) is 0 Å². The van der Waals surface area contributed by atoms with Crippen molar-refractivity contribution < 1.29 is 27.0 Å². The van der Waals surface area contributed by atoms with E-state index in [4.69, 9.17) is 9.84 Å². The van der Waals surface area contributed by atoms with Crippen LogP contribution >= 0.6 is 0 Å². The summed E-state index contributed by atoms with van der Waals surface area (Å²) < 4.78 is 53.9. The molecule has 0 aliphatic heterocycles. The minimum Gasteiger partial charge on any atom is -0.487 e. The van der Waals surface area contributed by atoms with Crippen molar-refractivity contribution in [1.29, 1.82) is 0 Å². The fourth-order valence-corrected chi connectivity index (χ4v) is 1.88. The van der Waals surface area contributed by atoms with Crippen LogP contribution in [0, 0.1) is 11.6 Å². The summed E-state index contributed by atoms with van der Waals surface area (Å²) >= 11 is 0. The monoisotopic (exact) mass is 280 g/mol. The van der Waals surface area contributed by atoms with E-state index in [2.05, 4.69) is 0 Å². The largest absolute Gasteiger partial charge is 0.487 e. The molecule has 1 aromatic carbocycles. The van der Waals surface area contributed by atoms with Crippen molar-refractivity contribution in [3.8, 4) is 5.75 Å². The Hall–Kier alpha value is -1.21. The number of hydrogen-bond acceptors (Lipinski definition) is 4. The second kappa shape index (κ2) is 6.10. The molecule has 0 radical (unpaired) electrons. The third-order valence-electron chi connectivity index (χ3n) is 2.32. The molecule has 1 N–H and O–H groups in total. The van der Waals surface area contributed by atoms with Gasteiger partial charge in [0.15, 0.2) is 27.2 Å².